The Bertz CT molecular complexity index is 1800. The highest BCUT2D eigenvalue weighted by molar-refractivity contribution is 6.35. The summed E-state index contributed by atoms with van der Waals surface area (Å²) in [5.74, 6) is -1.13. The molecule has 13 heteroatoms. The van der Waals surface area contributed by atoms with Gasteiger partial charge in [0.15, 0.2) is 23.0 Å². The number of aliphatic hydroxyl groups is 1. The molecule has 0 saturated carbocycles. The number of nitrogens with zero attached hydrogens (tertiary/aromatic N) is 5. The van der Waals surface area contributed by atoms with Crippen LogP contribution in [-0.4, -0.2) is 68.9 Å². The monoisotopic (exact) mass is 597 g/mol. The van der Waals surface area contributed by atoms with Crippen LogP contribution in [0, 0.1) is 0 Å². The number of alkyl halides is 2. The van der Waals surface area contributed by atoms with E-state index in [1.165, 1.54) is 0 Å². The Hall–Kier alpha value is -3.87. The number of anilines is 1. The van der Waals surface area contributed by atoms with Gasteiger partial charge in [0.2, 0.25) is 0 Å². The Morgan fingerprint density at radius 2 is 1.93 bits per heavy atom. The quantitative estimate of drug-likeness (QED) is 0.268. The largest absolute Gasteiger partial charge is 0.459 e. The maximum Gasteiger partial charge on any atom is 0.297 e. The maximum atomic E-state index is 14.0. The number of hydrogen-bond acceptors (Lipinski definition) is 9. The second-order valence-electron chi connectivity index (χ2n) is 10.5. The van der Waals surface area contributed by atoms with Crippen molar-refractivity contribution in [3.8, 4) is 6.01 Å². The molecule has 0 unspecified atom stereocenters. The average molecular weight is 598 g/mol. The normalized spacial score (nSPS) is 20.0. The fourth-order valence-electron chi connectivity index (χ4n) is 6.01. The van der Waals surface area contributed by atoms with Gasteiger partial charge in [-0.3, -0.25) is 9.36 Å². The highest BCUT2D eigenvalue weighted by Crippen LogP contribution is 2.40. The Labute approximate surface area is 242 Å². The van der Waals surface area contributed by atoms with Crippen molar-refractivity contribution in [2.75, 3.05) is 31.3 Å². The predicted octanol–water partition coefficient (Wildman–Crippen LogP) is 5.26. The summed E-state index contributed by atoms with van der Waals surface area (Å²) >= 11 is 6.61. The molecule has 7 rings (SSSR count). The van der Waals surface area contributed by atoms with E-state index in [4.69, 9.17) is 30.5 Å². The molecule has 5 heterocycles. The zero-order valence-electron chi connectivity index (χ0n) is 22.3. The van der Waals surface area contributed by atoms with Crippen LogP contribution in [0.5, 0.6) is 6.01 Å². The molecule has 10 nitrogen and oxygen atoms in total. The summed E-state index contributed by atoms with van der Waals surface area (Å²) in [4.78, 5) is 27.5. The van der Waals surface area contributed by atoms with Gasteiger partial charge in [0.1, 0.15) is 23.8 Å². The van der Waals surface area contributed by atoms with Gasteiger partial charge < -0.3 is 23.9 Å². The molecule has 2 saturated heterocycles. The number of ketones is 1. The first-order chi connectivity index (χ1) is 20.4. The van der Waals surface area contributed by atoms with Gasteiger partial charge in [0.25, 0.3) is 12.4 Å². The third kappa shape index (κ3) is 4.54. The summed E-state index contributed by atoms with van der Waals surface area (Å²) in [6, 6.07) is 11.9. The zero-order chi connectivity index (χ0) is 29.0. The number of benzene rings is 2. The van der Waals surface area contributed by atoms with E-state index in [1.807, 2.05) is 16.7 Å². The molecule has 2 fully saturated rings. The molecule has 1 N–H and O–H groups in total. The number of aromatic nitrogens is 4. The number of Topliss-reactive ketones (excluding diaryl/α,β-unsaturated/α-hetero) is 1. The molecule has 0 radical (unpaired) electrons. The van der Waals surface area contributed by atoms with Crippen LogP contribution < -0.4 is 9.64 Å². The summed E-state index contributed by atoms with van der Waals surface area (Å²) in [6.45, 7) is 0.547. The highest BCUT2D eigenvalue weighted by atomic mass is 35.5. The summed E-state index contributed by atoms with van der Waals surface area (Å²) in [5.41, 5.74) is 2.27. The van der Waals surface area contributed by atoms with Crippen molar-refractivity contribution >= 4 is 56.3 Å². The van der Waals surface area contributed by atoms with Crippen LogP contribution in [-0.2, 0) is 9.53 Å². The van der Waals surface area contributed by atoms with E-state index in [-0.39, 0.29) is 35.9 Å². The van der Waals surface area contributed by atoms with Crippen LogP contribution in [0.4, 0.5) is 14.6 Å². The van der Waals surface area contributed by atoms with E-state index in [0.29, 0.717) is 40.7 Å². The molecule has 5 aromatic rings. The number of imidazole rings is 1. The van der Waals surface area contributed by atoms with E-state index in [9.17, 15) is 18.7 Å². The molecule has 42 heavy (non-hydrogen) atoms. The molecular weight excluding hydrogens is 572 g/mol. The standard InChI is InChI=1S/C29H26ClF2N5O5/c30-18-5-3-6-19-24(18)37(15-8-10-40-11-9-15)29(33-19)41-16-12-20(21(39)14-38)36(13-16)28-25-23(34-27(35-28)26(31)32)17-4-1-2-7-22(17)42-25/h1-7,15-16,20,26,38H,8-14H2/t16-,20-/m0/s1. The average Bonchev–Trinajstić information content (AvgIpc) is 3.70. The Morgan fingerprint density at radius 1 is 1.12 bits per heavy atom. The van der Waals surface area contributed by atoms with Gasteiger partial charge in [0, 0.05) is 31.1 Å². The predicted molar refractivity (Wildman–Crippen MR) is 150 cm³/mol. The minimum absolute atomic E-state index is 0.0386. The van der Waals surface area contributed by atoms with Crippen molar-refractivity contribution < 1.29 is 32.6 Å². The molecular formula is C29H26ClF2N5O5. The Kier molecular flexibility index (Phi) is 6.91. The highest BCUT2D eigenvalue weighted by Gasteiger charge is 2.41. The Morgan fingerprint density at radius 3 is 2.71 bits per heavy atom. The summed E-state index contributed by atoms with van der Waals surface area (Å²) in [6.07, 6.45) is -1.88. The molecule has 0 amide bonds. The molecule has 0 spiro atoms. The SMILES string of the molecule is O=C(CO)[C@@H]1C[C@H](Oc2nc3cccc(Cl)c3n2C2CCOCC2)CN1c1nc(C(F)F)nc2c1oc1ccccc12. The second-order valence-corrected chi connectivity index (χ2v) is 10.9. The van der Waals surface area contributed by atoms with Crippen molar-refractivity contribution in [3.05, 3.63) is 53.3 Å². The van der Waals surface area contributed by atoms with Crippen molar-refractivity contribution in [2.45, 2.75) is 43.9 Å². The first-order valence-electron chi connectivity index (χ1n) is 13.7. The fraction of sp³-hybridized carbons (Fsp3) is 0.379. The van der Waals surface area contributed by atoms with Crippen LogP contribution in [0.15, 0.2) is 46.9 Å². The third-order valence-corrected chi connectivity index (χ3v) is 8.24. The van der Waals surface area contributed by atoms with Crippen LogP contribution in [0.1, 0.15) is 37.6 Å². The van der Waals surface area contributed by atoms with Gasteiger partial charge in [-0.15, -0.1) is 0 Å². The van der Waals surface area contributed by atoms with Gasteiger partial charge in [-0.2, -0.15) is 4.98 Å². The first-order valence-corrected chi connectivity index (χ1v) is 14.1. The lowest BCUT2D eigenvalue weighted by Gasteiger charge is -2.26. The smallest absolute Gasteiger partial charge is 0.297 e. The van der Waals surface area contributed by atoms with Crippen LogP contribution in [0.2, 0.25) is 5.02 Å². The number of aliphatic hydroxyl groups excluding tert-OH is 1. The van der Waals surface area contributed by atoms with Crippen LogP contribution in [0.3, 0.4) is 0 Å². The molecule has 218 valence electrons. The number of furan rings is 1. The van der Waals surface area contributed by atoms with Crippen molar-refractivity contribution in [3.63, 3.8) is 0 Å². The van der Waals surface area contributed by atoms with Gasteiger partial charge in [-0.05, 0) is 37.1 Å². The molecule has 2 aliphatic rings. The van der Waals surface area contributed by atoms with E-state index < -0.39 is 36.8 Å². The lowest BCUT2D eigenvalue weighted by atomic mass is 10.1. The van der Waals surface area contributed by atoms with E-state index >= 15 is 0 Å². The molecule has 0 aliphatic carbocycles. The number of carbonyl (C=O) groups excluding carboxylic acids is 1. The molecule has 2 aromatic carbocycles. The molecule has 2 aliphatic heterocycles. The number of halogens is 3. The van der Waals surface area contributed by atoms with Crippen LogP contribution >= 0.6 is 11.6 Å². The van der Waals surface area contributed by atoms with E-state index in [2.05, 4.69) is 9.97 Å². The number of fused-ring (bicyclic) bond motifs is 4. The van der Waals surface area contributed by atoms with Gasteiger partial charge in [-0.25, -0.2) is 18.7 Å². The van der Waals surface area contributed by atoms with E-state index in [0.717, 1.165) is 18.4 Å². The van der Waals surface area contributed by atoms with Gasteiger partial charge in [-0.1, -0.05) is 29.8 Å². The van der Waals surface area contributed by atoms with Crippen molar-refractivity contribution in [2.24, 2.45) is 0 Å². The summed E-state index contributed by atoms with van der Waals surface area (Å²) in [7, 11) is 0. The third-order valence-electron chi connectivity index (χ3n) is 7.93. The van der Waals surface area contributed by atoms with Crippen molar-refractivity contribution in [1.29, 1.82) is 0 Å². The number of hydrogen-bond donors (Lipinski definition) is 1. The fourth-order valence-corrected chi connectivity index (χ4v) is 6.27. The summed E-state index contributed by atoms with van der Waals surface area (Å²) < 4.78 is 48.0. The minimum Gasteiger partial charge on any atom is -0.459 e. The lowest BCUT2D eigenvalue weighted by Crippen LogP contribution is -2.38. The van der Waals surface area contributed by atoms with Crippen molar-refractivity contribution in [1.82, 2.24) is 19.5 Å². The molecule has 3 aromatic heterocycles. The maximum absolute atomic E-state index is 14.0. The number of para-hydroxylation sites is 2. The Balaban J connectivity index is 1.30. The lowest BCUT2D eigenvalue weighted by molar-refractivity contribution is -0.123. The zero-order valence-corrected chi connectivity index (χ0v) is 23.0. The summed E-state index contributed by atoms with van der Waals surface area (Å²) in [5, 5.41) is 10.9. The van der Waals surface area contributed by atoms with Gasteiger partial charge >= 0.3 is 0 Å². The number of rotatable bonds is 7. The minimum atomic E-state index is -2.95. The molecule has 0 bridgehead atoms. The number of ether oxygens (including phenoxy) is 2. The molecule has 2 atom stereocenters. The number of carbonyl (C=O) groups is 1. The van der Waals surface area contributed by atoms with E-state index in [1.54, 1.807) is 35.2 Å². The first kappa shape index (κ1) is 27.0. The topological polar surface area (TPSA) is 116 Å². The van der Waals surface area contributed by atoms with Gasteiger partial charge in [0.05, 0.1) is 28.6 Å². The second kappa shape index (κ2) is 10.8. The van der Waals surface area contributed by atoms with Crippen LogP contribution in [0.25, 0.3) is 33.1 Å².